The lowest BCUT2D eigenvalue weighted by atomic mass is 9.95. The van der Waals surface area contributed by atoms with Crippen molar-refractivity contribution in [3.63, 3.8) is 0 Å². The Hall–Kier alpha value is -3.68. The SMILES string of the molecule is Cc1ccc(-c2ncccn2)c(C(=O)N2CCCC2(C)c2nc3ccc(F)c(F)c3[nH]2)c1. The zero-order valence-corrected chi connectivity index (χ0v) is 17.7. The second-order valence-corrected chi connectivity index (χ2v) is 8.30. The summed E-state index contributed by atoms with van der Waals surface area (Å²) in [5, 5.41) is 0. The summed E-state index contributed by atoms with van der Waals surface area (Å²) >= 11 is 0. The van der Waals surface area contributed by atoms with E-state index in [-0.39, 0.29) is 11.4 Å². The van der Waals surface area contributed by atoms with Crippen LogP contribution in [0.4, 0.5) is 8.78 Å². The molecular formula is C24H21F2N5O. The number of carbonyl (C=O) groups is 1. The summed E-state index contributed by atoms with van der Waals surface area (Å²) in [4.78, 5) is 31.6. The number of likely N-dealkylation sites (tertiary alicyclic amines) is 1. The Labute approximate surface area is 183 Å². The molecule has 1 aliphatic heterocycles. The number of benzene rings is 2. The Morgan fingerprint density at radius 1 is 1.16 bits per heavy atom. The highest BCUT2D eigenvalue weighted by atomic mass is 19.2. The number of nitrogens with zero attached hydrogens (tertiary/aromatic N) is 4. The predicted molar refractivity (Wildman–Crippen MR) is 116 cm³/mol. The van der Waals surface area contributed by atoms with Crippen molar-refractivity contribution in [3.05, 3.63) is 77.4 Å². The van der Waals surface area contributed by atoms with Crippen molar-refractivity contribution < 1.29 is 13.6 Å². The molecule has 0 radical (unpaired) electrons. The van der Waals surface area contributed by atoms with Gasteiger partial charge in [0.2, 0.25) is 0 Å². The molecule has 5 rings (SSSR count). The molecule has 8 heteroatoms. The Morgan fingerprint density at radius 2 is 1.94 bits per heavy atom. The van der Waals surface area contributed by atoms with Crippen molar-refractivity contribution in [1.29, 1.82) is 0 Å². The maximum absolute atomic E-state index is 14.3. The fourth-order valence-electron chi connectivity index (χ4n) is 4.42. The maximum atomic E-state index is 14.3. The molecule has 0 saturated carbocycles. The van der Waals surface area contributed by atoms with Crippen LogP contribution in [0, 0.1) is 18.6 Å². The number of H-pyrrole nitrogens is 1. The summed E-state index contributed by atoms with van der Waals surface area (Å²) in [5.74, 6) is -1.18. The summed E-state index contributed by atoms with van der Waals surface area (Å²) < 4.78 is 28.0. The molecule has 1 atom stereocenters. The molecule has 0 aliphatic carbocycles. The molecule has 1 fully saturated rings. The van der Waals surface area contributed by atoms with E-state index in [4.69, 9.17) is 0 Å². The molecule has 4 aromatic rings. The molecule has 1 amide bonds. The third-order valence-electron chi connectivity index (χ3n) is 6.16. The molecular weight excluding hydrogens is 412 g/mol. The van der Waals surface area contributed by atoms with Crippen molar-refractivity contribution in [2.24, 2.45) is 0 Å². The average Bonchev–Trinajstić information content (AvgIpc) is 3.42. The van der Waals surface area contributed by atoms with Crippen LogP contribution in [0.25, 0.3) is 22.4 Å². The van der Waals surface area contributed by atoms with Gasteiger partial charge in [0, 0.05) is 24.5 Å². The average molecular weight is 433 g/mol. The van der Waals surface area contributed by atoms with Crippen molar-refractivity contribution in [2.75, 3.05) is 6.54 Å². The maximum Gasteiger partial charge on any atom is 0.255 e. The van der Waals surface area contributed by atoms with Crippen LogP contribution in [0.2, 0.25) is 0 Å². The van der Waals surface area contributed by atoms with Crippen LogP contribution in [0.3, 0.4) is 0 Å². The van der Waals surface area contributed by atoms with Crippen LogP contribution in [0.15, 0.2) is 48.8 Å². The van der Waals surface area contributed by atoms with Crippen LogP contribution >= 0.6 is 0 Å². The Kier molecular flexibility index (Phi) is 4.73. The highest BCUT2D eigenvalue weighted by Crippen LogP contribution is 2.40. The summed E-state index contributed by atoms with van der Waals surface area (Å²) in [6, 6.07) is 9.82. The second kappa shape index (κ2) is 7.47. The molecule has 32 heavy (non-hydrogen) atoms. The monoisotopic (exact) mass is 433 g/mol. The number of hydrogen-bond donors (Lipinski definition) is 1. The predicted octanol–water partition coefficient (Wildman–Crippen LogP) is 4.76. The number of aryl methyl sites for hydroxylation is 1. The highest BCUT2D eigenvalue weighted by molar-refractivity contribution is 6.01. The number of carbonyl (C=O) groups excluding carboxylic acids is 1. The van der Waals surface area contributed by atoms with Gasteiger partial charge in [0.05, 0.1) is 16.6 Å². The van der Waals surface area contributed by atoms with E-state index >= 15 is 0 Å². The second-order valence-electron chi connectivity index (χ2n) is 8.30. The molecule has 0 spiro atoms. The van der Waals surface area contributed by atoms with Gasteiger partial charge in [-0.3, -0.25) is 4.79 Å². The molecule has 1 N–H and O–H groups in total. The first kappa shape index (κ1) is 20.2. The van der Waals surface area contributed by atoms with E-state index in [0.29, 0.717) is 41.3 Å². The topological polar surface area (TPSA) is 74.8 Å². The van der Waals surface area contributed by atoms with E-state index in [9.17, 15) is 13.6 Å². The lowest BCUT2D eigenvalue weighted by Gasteiger charge is -2.34. The fourth-order valence-corrected chi connectivity index (χ4v) is 4.42. The number of fused-ring (bicyclic) bond motifs is 1. The van der Waals surface area contributed by atoms with Crippen molar-refractivity contribution in [3.8, 4) is 11.4 Å². The van der Waals surface area contributed by atoms with Gasteiger partial charge in [-0.1, -0.05) is 17.7 Å². The van der Waals surface area contributed by atoms with E-state index in [1.54, 1.807) is 23.4 Å². The number of nitrogens with one attached hydrogen (secondary N) is 1. The van der Waals surface area contributed by atoms with Gasteiger partial charge in [-0.15, -0.1) is 0 Å². The smallest absolute Gasteiger partial charge is 0.255 e. The number of aromatic amines is 1. The van der Waals surface area contributed by atoms with Crippen LogP contribution in [0.1, 0.15) is 41.5 Å². The first-order valence-electron chi connectivity index (χ1n) is 10.4. The number of imidazole rings is 1. The van der Waals surface area contributed by atoms with Crippen molar-refractivity contribution >= 4 is 16.9 Å². The van der Waals surface area contributed by atoms with Gasteiger partial charge in [0.15, 0.2) is 17.5 Å². The van der Waals surface area contributed by atoms with Gasteiger partial charge >= 0.3 is 0 Å². The molecule has 1 saturated heterocycles. The van der Waals surface area contributed by atoms with E-state index in [2.05, 4.69) is 19.9 Å². The van der Waals surface area contributed by atoms with Crippen molar-refractivity contribution in [2.45, 2.75) is 32.2 Å². The minimum Gasteiger partial charge on any atom is -0.337 e. The number of aromatic nitrogens is 4. The lowest BCUT2D eigenvalue weighted by Crippen LogP contribution is -2.43. The van der Waals surface area contributed by atoms with Gasteiger partial charge < -0.3 is 9.88 Å². The molecule has 2 aromatic heterocycles. The van der Waals surface area contributed by atoms with Crippen LogP contribution in [-0.2, 0) is 5.54 Å². The van der Waals surface area contributed by atoms with Gasteiger partial charge in [-0.25, -0.2) is 23.7 Å². The van der Waals surface area contributed by atoms with E-state index in [1.165, 1.54) is 6.07 Å². The molecule has 6 nitrogen and oxygen atoms in total. The van der Waals surface area contributed by atoms with Gasteiger partial charge in [0.1, 0.15) is 11.3 Å². The minimum absolute atomic E-state index is 0.00875. The van der Waals surface area contributed by atoms with E-state index in [1.807, 2.05) is 32.0 Å². The number of rotatable bonds is 3. The Morgan fingerprint density at radius 3 is 2.72 bits per heavy atom. The summed E-state index contributed by atoms with van der Waals surface area (Å²) in [6.07, 6.45) is 4.68. The fraction of sp³-hybridized carbons (Fsp3) is 0.250. The molecule has 1 unspecified atom stereocenters. The van der Waals surface area contributed by atoms with Gasteiger partial charge in [-0.05, 0) is 51.0 Å². The van der Waals surface area contributed by atoms with Gasteiger partial charge in [-0.2, -0.15) is 0 Å². The normalized spacial score (nSPS) is 18.4. The van der Waals surface area contributed by atoms with Gasteiger partial charge in [0.25, 0.3) is 5.91 Å². The summed E-state index contributed by atoms with van der Waals surface area (Å²) in [7, 11) is 0. The molecule has 2 aromatic carbocycles. The zero-order valence-electron chi connectivity index (χ0n) is 17.7. The summed E-state index contributed by atoms with van der Waals surface area (Å²) in [5.41, 5.74) is 1.63. The first-order chi connectivity index (χ1) is 15.4. The van der Waals surface area contributed by atoms with Crippen LogP contribution in [0.5, 0.6) is 0 Å². The minimum atomic E-state index is -0.970. The zero-order chi connectivity index (χ0) is 22.5. The standard InChI is InChI=1S/C24H21F2N5O/c1-14-5-6-15(21-27-10-4-11-28-21)16(13-14)22(32)31-12-3-9-24(31,2)23-29-18-8-7-17(25)19(26)20(18)30-23/h4-8,10-11,13H,3,9,12H2,1-2H3,(H,29,30). The van der Waals surface area contributed by atoms with Crippen LogP contribution in [-0.4, -0.2) is 37.3 Å². The van der Waals surface area contributed by atoms with Crippen molar-refractivity contribution in [1.82, 2.24) is 24.8 Å². The first-order valence-corrected chi connectivity index (χ1v) is 10.4. The Balaban J connectivity index is 1.59. The van der Waals surface area contributed by atoms with Crippen LogP contribution < -0.4 is 0 Å². The molecule has 0 bridgehead atoms. The molecule has 3 heterocycles. The lowest BCUT2D eigenvalue weighted by molar-refractivity contribution is 0.0606. The van der Waals surface area contributed by atoms with E-state index < -0.39 is 17.2 Å². The molecule has 1 aliphatic rings. The third kappa shape index (κ3) is 3.14. The largest absolute Gasteiger partial charge is 0.337 e. The molecule has 162 valence electrons. The highest BCUT2D eigenvalue weighted by Gasteiger charge is 2.44. The number of halogens is 2. The quantitative estimate of drug-likeness (QED) is 0.506. The summed E-state index contributed by atoms with van der Waals surface area (Å²) in [6.45, 7) is 4.34. The number of amides is 1. The third-order valence-corrected chi connectivity index (χ3v) is 6.16. The number of hydrogen-bond acceptors (Lipinski definition) is 4. The van der Waals surface area contributed by atoms with E-state index in [0.717, 1.165) is 18.1 Å². The Bertz CT molecular complexity index is 1340.